The lowest BCUT2D eigenvalue weighted by atomic mass is 9.79. The highest BCUT2D eigenvalue weighted by Crippen LogP contribution is 2.46. The number of nitrogen functional groups attached to an aromatic ring is 1. The Morgan fingerprint density at radius 3 is 2.24 bits per heavy atom. The number of rotatable bonds is 5. The van der Waals surface area contributed by atoms with E-state index in [4.69, 9.17) is 16.2 Å². The molecule has 1 unspecified atom stereocenters. The molecule has 0 saturated carbocycles. The predicted octanol–water partition coefficient (Wildman–Crippen LogP) is 2.66. The summed E-state index contributed by atoms with van der Waals surface area (Å²) < 4.78 is 5.55. The van der Waals surface area contributed by atoms with E-state index in [0.29, 0.717) is 28.1 Å². The fraction of sp³-hybridized carbons (Fsp3) is 0.130. The first-order valence-corrected chi connectivity index (χ1v) is 9.20. The molecule has 0 aromatic heterocycles. The van der Waals surface area contributed by atoms with Crippen molar-refractivity contribution in [3.05, 3.63) is 95.1 Å². The van der Waals surface area contributed by atoms with E-state index >= 15 is 0 Å². The number of amides is 2. The van der Waals surface area contributed by atoms with Crippen LogP contribution in [0.25, 0.3) is 0 Å². The molecule has 1 aliphatic rings. The highest BCUT2D eigenvalue weighted by atomic mass is 16.5. The van der Waals surface area contributed by atoms with E-state index in [2.05, 4.69) is 0 Å². The van der Waals surface area contributed by atoms with Gasteiger partial charge in [0.2, 0.25) is 0 Å². The van der Waals surface area contributed by atoms with Gasteiger partial charge in [-0.15, -0.1) is 0 Å². The summed E-state index contributed by atoms with van der Waals surface area (Å²) in [6, 6.07) is 21.3. The van der Waals surface area contributed by atoms with Crippen molar-refractivity contribution >= 4 is 17.5 Å². The Morgan fingerprint density at radius 2 is 1.59 bits per heavy atom. The van der Waals surface area contributed by atoms with Crippen LogP contribution in [0.1, 0.15) is 27.0 Å². The molecular formula is C23H21N3O3. The zero-order chi connectivity index (χ0) is 20.6. The maximum atomic E-state index is 13.4. The normalized spacial score (nSPS) is 14.9. The molecule has 0 saturated heterocycles. The first-order valence-electron chi connectivity index (χ1n) is 9.20. The molecule has 0 aliphatic carbocycles. The van der Waals surface area contributed by atoms with Gasteiger partial charge < -0.3 is 21.1 Å². The van der Waals surface area contributed by atoms with Crippen LogP contribution in [0.2, 0.25) is 0 Å². The Bertz CT molecular complexity index is 1110. The number of ether oxygens (including phenoxy) is 1. The van der Waals surface area contributed by atoms with Crippen molar-refractivity contribution in [2.24, 2.45) is 5.73 Å². The second kappa shape index (κ2) is 6.98. The molecule has 1 atom stereocenters. The van der Waals surface area contributed by atoms with Gasteiger partial charge in [0, 0.05) is 28.9 Å². The van der Waals surface area contributed by atoms with Crippen LogP contribution in [0.4, 0.5) is 5.69 Å². The molecule has 1 heterocycles. The minimum atomic E-state index is -1.63. The van der Waals surface area contributed by atoms with Gasteiger partial charge in [-0.1, -0.05) is 54.6 Å². The monoisotopic (exact) mass is 387 g/mol. The fourth-order valence-electron chi connectivity index (χ4n) is 4.13. The van der Waals surface area contributed by atoms with Gasteiger partial charge in [-0.05, 0) is 23.8 Å². The Balaban J connectivity index is 2.07. The number of fused-ring (bicyclic) bond motifs is 1. The maximum Gasteiger partial charge on any atom is 0.255 e. The highest BCUT2D eigenvalue weighted by Gasteiger charge is 2.53. The molecule has 146 valence electrons. The van der Waals surface area contributed by atoms with Crippen LogP contribution in [0.5, 0.6) is 5.75 Å². The minimum Gasteiger partial charge on any atom is -0.496 e. The number of hydrogen-bond acceptors (Lipinski definition) is 4. The van der Waals surface area contributed by atoms with Crippen LogP contribution in [0, 0.1) is 0 Å². The summed E-state index contributed by atoms with van der Waals surface area (Å²) >= 11 is 0. The average molecular weight is 387 g/mol. The Morgan fingerprint density at radius 1 is 0.966 bits per heavy atom. The molecule has 4 N–H and O–H groups in total. The van der Waals surface area contributed by atoms with Gasteiger partial charge in [0.05, 0.1) is 7.11 Å². The number of methoxy groups -OCH3 is 1. The molecule has 0 fully saturated rings. The van der Waals surface area contributed by atoms with Crippen molar-refractivity contribution in [1.29, 1.82) is 0 Å². The molecule has 0 spiro atoms. The SMILES string of the molecule is COc1ccccc1C(C(N)=O)(c1ccccc1N)N1Cc2ccccc2C1=O. The molecule has 29 heavy (non-hydrogen) atoms. The molecule has 3 aromatic carbocycles. The molecule has 2 amide bonds. The van der Waals surface area contributed by atoms with Crippen LogP contribution in [0.3, 0.4) is 0 Å². The largest absolute Gasteiger partial charge is 0.496 e. The maximum absolute atomic E-state index is 13.4. The zero-order valence-corrected chi connectivity index (χ0v) is 16.0. The first-order chi connectivity index (χ1) is 14.0. The van der Waals surface area contributed by atoms with E-state index in [9.17, 15) is 9.59 Å². The first kappa shape index (κ1) is 18.6. The molecule has 4 rings (SSSR count). The lowest BCUT2D eigenvalue weighted by Gasteiger charge is -2.41. The van der Waals surface area contributed by atoms with E-state index < -0.39 is 11.4 Å². The van der Waals surface area contributed by atoms with Crippen molar-refractivity contribution in [2.45, 2.75) is 12.1 Å². The second-order valence-corrected chi connectivity index (χ2v) is 6.91. The third-order valence-corrected chi connectivity index (χ3v) is 5.43. The zero-order valence-electron chi connectivity index (χ0n) is 16.0. The van der Waals surface area contributed by atoms with Crippen molar-refractivity contribution in [3.8, 4) is 5.75 Å². The molecule has 0 radical (unpaired) electrons. The molecular weight excluding hydrogens is 366 g/mol. The number of carbonyl (C=O) groups is 2. The van der Waals surface area contributed by atoms with Crippen LogP contribution in [0.15, 0.2) is 72.8 Å². The van der Waals surface area contributed by atoms with Gasteiger partial charge in [-0.25, -0.2) is 0 Å². The van der Waals surface area contributed by atoms with Gasteiger partial charge in [-0.2, -0.15) is 0 Å². The summed E-state index contributed by atoms with van der Waals surface area (Å²) in [5, 5.41) is 0. The summed E-state index contributed by atoms with van der Waals surface area (Å²) in [7, 11) is 1.51. The Labute approximate surface area is 168 Å². The fourth-order valence-corrected chi connectivity index (χ4v) is 4.13. The third kappa shape index (κ3) is 2.64. The van der Waals surface area contributed by atoms with E-state index in [0.717, 1.165) is 5.56 Å². The lowest BCUT2D eigenvalue weighted by molar-refractivity contribution is -0.127. The van der Waals surface area contributed by atoms with Crippen LogP contribution in [-0.2, 0) is 16.9 Å². The number of nitrogens with zero attached hydrogens (tertiary/aromatic N) is 1. The summed E-state index contributed by atoms with van der Waals surface area (Å²) in [6.07, 6.45) is 0. The van der Waals surface area contributed by atoms with E-state index in [1.54, 1.807) is 60.7 Å². The van der Waals surface area contributed by atoms with Crippen molar-refractivity contribution < 1.29 is 14.3 Å². The highest BCUT2D eigenvalue weighted by molar-refractivity contribution is 6.04. The molecule has 1 aliphatic heterocycles. The second-order valence-electron chi connectivity index (χ2n) is 6.91. The van der Waals surface area contributed by atoms with Crippen LogP contribution in [-0.4, -0.2) is 23.8 Å². The minimum absolute atomic E-state index is 0.227. The van der Waals surface area contributed by atoms with Gasteiger partial charge in [0.1, 0.15) is 5.75 Å². The Kier molecular flexibility index (Phi) is 4.47. The number of benzene rings is 3. The number of primary amides is 1. The number of nitrogens with two attached hydrogens (primary N) is 2. The average Bonchev–Trinajstić information content (AvgIpc) is 3.07. The van der Waals surface area contributed by atoms with Crippen LogP contribution >= 0.6 is 0 Å². The number of para-hydroxylation sites is 2. The topological polar surface area (TPSA) is 98.7 Å². The van der Waals surface area contributed by atoms with Gasteiger partial charge in [0.15, 0.2) is 5.54 Å². The third-order valence-electron chi connectivity index (χ3n) is 5.43. The number of hydrogen-bond donors (Lipinski definition) is 2. The summed E-state index contributed by atoms with van der Waals surface area (Å²) in [6.45, 7) is 0.227. The number of carbonyl (C=O) groups excluding carboxylic acids is 2. The summed E-state index contributed by atoms with van der Waals surface area (Å²) in [5.41, 5.74) is 13.4. The summed E-state index contributed by atoms with van der Waals surface area (Å²) in [5.74, 6) is -0.548. The van der Waals surface area contributed by atoms with Crippen molar-refractivity contribution in [3.63, 3.8) is 0 Å². The van der Waals surface area contributed by atoms with Gasteiger partial charge in [-0.3, -0.25) is 9.59 Å². The van der Waals surface area contributed by atoms with Gasteiger partial charge >= 0.3 is 0 Å². The Hall–Kier alpha value is -3.80. The lowest BCUT2D eigenvalue weighted by Crippen LogP contribution is -2.56. The van der Waals surface area contributed by atoms with E-state index in [-0.39, 0.29) is 12.5 Å². The molecule has 6 heteroatoms. The molecule has 3 aromatic rings. The van der Waals surface area contributed by atoms with E-state index in [1.165, 1.54) is 12.0 Å². The van der Waals surface area contributed by atoms with Gasteiger partial charge in [0.25, 0.3) is 11.8 Å². The standard InChI is InChI=1S/C23H21N3O3/c1-29-20-13-7-5-11-18(20)23(22(25)28,17-10-4-6-12-19(17)24)26-14-15-8-2-3-9-16(15)21(26)27/h2-13H,14,24H2,1H3,(H2,25,28). The number of anilines is 1. The smallest absolute Gasteiger partial charge is 0.255 e. The molecule has 0 bridgehead atoms. The predicted molar refractivity (Wildman–Crippen MR) is 110 cm³/mol. The van der Waals surface area contributed by atoms with Crippen molar-refractivity contribution in [1.82, 2.24) is 4.90 Å². The van der Waals surface area contributed by atoms with Crippen LogP contribution < -0.4 is 16.2 Å². The van der Waals surface area contributed by atoms with Crippen molar-refractivity contribution in [2.75, 3.05) is 12.8 Å². The molecule has 6 nitrogen and oxygen atoms in total. The van der Waals surface area contributed by atoms with E-state index in [1.807, 2.05) is 12.1 Å². The quantitative estimate of drug-likeness (QED) is 0.658. The summed E-state index contributed by atoms with van der Waals surface area (Å²) in [4.78, 5) is 28.2.